The van der Waals surface area contributed by atoms with E-state index in [1.54, 1.807) is 0 Å². The van der Waals surface area contributed by atoms with Gasteiger partial charge in [0.2, 0.25) is 0 Å². The van der Waals surface area contributed by atoms with Crippen molar-refractivity contribution in [3.63, 3.8) is 0 Å². The molecule has 4 nitrogen and oxygen atoms in total. The van der Waals surface area contributed by atoms with E-state index in [0.29, 0.717) is 0 Å². The van der Waals surface area contributed by atoms with E-state index in [-0.39, 0.29) is 6.07 Å². The minimum atomic E-state index is -5.49. The summed E-state index contributed by atoms with van der Waals surface area (Å²) in [6.45, 7) is 0. The van der Waals surface area contributed by atoms with Crippen LogP contribution >= 0.6 is 22.3 Å². The maximum Gasteiger partial charge on any atom is 0.573 e. The molecule has 0 atom stereocenters. The third-order valence-electron chi connectivity index (χ3n) is 1.92. The quantitative estimate of drug-likeness (QED) is 0.458. The monoisotopic (exact) mass is 377 g/mol. The third kappa shape index (κ3) is 4.78. The number of rotatable bonds is 3. The Bertz CT molecular complexity index is 643. The lowest BCUT2D eigenvalue weighted by atomic mass is 10.2. The number of pyridine rings is 1. The Balaban J connectivity index is 3.69. The average molecular weight is 378 g/mol. The maximum absolute atomic E-state index is 12.8. The summed E-state index contributed by atoms with van der Waals surface area (Å²) in [6, 6.07) is -0.0747. The molecule has 0 unspecified atom stereocenters. The molecule has 0 saturated heterocycles. The molecule has 0 amide bonds. The highest BCUT2D eigenvalue weighted by Gasteiger charge is 2.42. The molecule has 1 rings (SSSR count). The van der Waals surface area contributed by atoms with Gasteiger partial charge in [-0.05, 0) is 0 Å². The van der Waals surface area contributed by atoms with E-state index in [2.05, 4.69) is 9.72 Å². The fraction of sp³-hybridized carbons (Fsp3) is 0.375. The largest absolute Gasteiger partial charge is 0.573 e. The van der Waals surface area contributed by atoms with E-state index in [4.69, 9.17) is 22.3 Å². The summed E-state index contributed by atoms with van der Waals surface area (Å²) in [5.41, 5.74) is -3.09. The van der Waals surface area contributed by atoms with Gasteiger partial charge in [0.05, 0.1) is 11.6 Å². The second kappa shape index (κ2) is 5.69. The van der Waals surface area contributed by atoms with Gasteiger partial charge in [-0.25, -0.2) is 13.4 Å². The number of hydrogen-bond acceptors (Lipinski definition) is 4. The Hall–Kier alpha value is -0.940. The normalized spacial score (nSPS) is 13.3. The van der Waals surface area contributed by atoms with Crippen LogP contribution in [-0.4, -0.2) is 19.8 Å². The Labute approximate surface area is 123 Å². The predicted octanol–water partition coefficient (Wildman–Crippen LogP) is 3.67. The first kappa shape index (κ1) is 18.1. The number of aromatic nitrogens is 1. The van der Waals surface area contributed by atoms with Gasteiger partial charge in [0.15, 0.2) is 5.03 Å². The molecule has 21 heavy (non-hydrogen) atoms. The third-order valence-corrected chi connectivity index (χ3v) is 3.36. The lowest BCUT2D eigenvalue weighted by molar-refractivity contribution is -0.276. The van der Waals surface area contributed by atoms with Crippen LogP contribution in [0.5, 0.6) is 5.75 Å². The number of ether oxygens (including phenoxy) is 1. The molecular formula is C8H3Cl2F6NO3S. The highest BCUT2D eigenvalue weighted by atomic mass is 35.7. The van der Waals surface area contributed by atoms with Gasteiger partial charge in [-0.3, -0.25) is 0 Å². The Kier molecular flexibility index (Phi) is 4.91. The molecule has 0 aliphatic rings. The first-order chi connectivity index (χ1) is 9.25. The molecule has 0 spiro atoms. The van der Waals surface area contributed by atoms with Crippen molar-refractivity contribution < 1.29 is 39.5 Å². The molecule has 0 N–H and O–H groups in total. The van der Waals surface area contributed by atoms with Gasteiger partial charge in [0, 0.05) is 16.7 Å². The number of alkyl halides is 7. The van der Waals surface area contributed by atoms with Crippen molar-refractivity contribution in [2.75, 3.05) is 0 Å². The maximum atomic E-state index is 12.8. The summed E-state index contributed by atoms with van der Waals surface area (Å²) in [6.07, 6.45) is -10.8. The second-order valence-electron chi connectivity index (χ2n) is 3.40. The summed E-state index contributed by atoms with van der Waals surface area (Å²) in [5, 5.41) is -1.24. The second-order valence-corrected chi connectivity index (χ2v) is 6.18. The van der Waals surface area contributed by atoms with Gasteiger partial charge < -0.3 is 4.74 Å². The number of nitrogens with zero attached hydrogens (tertiary/aromatic N) is 1. The van der Waals surface area contributed by atoms with Crippen LogP contribution in [0.4, 0.5) is 26.3 Å². The highest BCUT2D eigenvalue weighted by molar-refractivity contribution is 8.13. The van der Waals surface area contributed by atoms with Crippen LogP contribution in [0.25, 0.3) is 0 Å². The summed E-state index contributed by atoms with van der Waals surface area (Å²) >= 11 is 5.17. The molecule has 0 bridgehead atoms. The van der Waals surface area contributed by atoms with Gasteiger partial charge in [-0.2, -0.15) is 13.2 Å². The standard InChI is InChI=1S/C8H3Cl2F6NO3S/c9-2-3-6(7(11,12)13)4(20-8(14,15)16)1-5(17-3)21(10,18)19/h1H,2H2. The molecule has 0 radical (unpaired) electrons. The van der Waals surface area contributed by atoms with Crippen LogP contribution in [0.15, 0.2) is 11.1 Å². The summed E-state index contributed by atoms with van der Waals surface area (Å²) in [7, 11) is 0.158. The Morgan fingerprint density at radius 3 is 2.05 bits per heavy atom. The van der Waals surface area contributed by atoms with Crippen LogP contribution in [0, 0.1) is 0 Å². The SMILES string of the molecule is O=S(=O)(Cl)c1cc(OC(F)(F)F)c(C(F)(F)F)c(CCl)n1. The Morgan fingerprint density at radius 1 is 1.19 bits per heavy atom. The molecule has 1 heterocycles. The zero-order chi connectivity index (χ0) is 16.6. The lowest BCUT2D eigenvalue weighted by Crippen LogP contribution is -2.22. The fourth-order valence-corrected chi connectivity index (χ4v) is 2.18. The molecule has 13 heteroatoms. The zero-order valence-electron chi connectivity index (χ0n) is 9.39. The van der Waals surface area contributed by atoms with Crippen molar-refractivity contribution >= 4 is 31.3 Å². The topological polar surface area (TPSA) is 56.3 Å². The van der Waals surface area contributed by atoms with Gasteiger partial charge in [-0.15, -0.1) is 24.8 Å². The molecule has 1 aromatic heterocycles. The van der Waals surface area contributed by atoms with Gasteiger partial charge in [0.25, 0.3) is 9.05 Å². The molecule has 1 aromatic rings. The van der Waals surface area contributed by atoms with E-state index < -0.39 is 49.5 Å². The minimum Gasteiger partial charge on any atom is -0.405 e. The van der Waals surface area contributed by atoms with Crippen LogP contribution in [-0.2, 0) is 21.1 Å². The highest BCUT2D eigenvalue weighted by Crippen LogP contribution is 2.41. The van der Waals surface area contributed by atoms with Gasteiger partial charge in [-0.1, -0.05) is 0 Å². The van der Waals surface area contributed by atoms with Crippen molar-refractivity contribution in [1.82, 2.24) is 4.98 Å². The lowest BCUT2D eigenvalue weighted by Gasteiger charge is -2.18. The van der Waals surface area contributed by atoms with Gasteiger partial charge in [0.1, 0.15) is 11.3 Å². The van der Waals surface area contributed by atoms with Crippen LogP contribution < -0.4 is 4.74 Å². The van der Waals surface area contributed by atoms with E-state index in [0.717, 1.165) is 0 Å². The summed E-state index contributed by atoms with van der Waals surface area (Å²) in [5.74, 6) is -2.82. The van der Waals surface area contributed by atoms with Crippen LogP contribution in [0.2, 0.25) is 0 Å². The molecule has 0 saturated carbocycles. The summed E-state index contributed by atoms with van der Waals surface area (Å²) < 4.78 is 100.0. The van der Waals surface area contributed by atoms with Crippen LogP contribution in [0.3, 0.4) is 0 Å². The molecule has 0 aliphatic heterocycles. The van der Waals surface area contributed by atoms with E-state index in [1.807, 2.05) is 0 Å². The average Bonchev–Trinajstić information content (AvgIpc) is 2.22. The first-order valence-corrected chi connectivity index (χ1v) is 7.47. The number of halogens is 8. The van der Waals surface area contributed by atoms with E-state index in [1.165, 1.54) is 0 Å². The van der Waals surface area contributed by atoms with Crippen molar-refractivity contribution in [3.05, 3.63) is 17.3 Å². The predicted molar refractivity (Wildman–Crippen MR) is 58.5 cm³/mol. The van der Waals surface area contributed by atoms with Crippen molar-refractivity contribution in [2.45, 2.75) is 23.4 Å². The number of hydrogen-bond donors (Lipinski definition) is 0. The minimum absolute atomic E-state index is 0.0747. The summed E-state index contributed by atoms with van der Waals surface area (Å²) in [4.78, 5) is 3.00. The molecule has 0 aromatic carbocycles. The fourth-order valence-electron chi connectivity index (χ4n) is 1.28. The molecule has 0 fully saturated rings. The van der Waals surface area contributed by atoms with Crippen molar-refractivity contribution in [1.29, 1.82) is 0 Å². The van der Waals surface area contributed by atoms with Crippen molar-refractivity contribution in [2.24, 2.45) is 0 Å². The van der Waals surface area contributed by atoms with Crippen molar-refractivity contribution in [3.8, 4) is 5.75 Å². The Morgan fingerprint density at radius 2 is 1.71 bits per heavy atom. The first-order valence-electron chi connectivity index (χ1n) is 4.63. The smallest absolute Gasteiger partial charge is 0.405 e. The molecular weight excluding hydrogens is 375 g/mol. The zero-order valence-corrected chi connectivity index (χ0v) is 11.7. The molecule has 0 aliphatic carbocycles. The van der Waals surface area contributed by atoms with E-state index >= 15 is 0 Å². The molecule has 120 valence electrons. The van der Waals surface area contributed by atoms with Gasteiger partial charge >= 0.3 is 12.5 Å². The van der Waals surface area contributed by atoms with E-state index in [9.17, 15) is 34.8 Å². The van der Waals surface area contributed by atoms with Crippen LogP contribution in [0.1, 0.15) is 11.3 Å².